The fourth-order valence-electron chi connectivity index (χ4n) is 3.03. The number of hydrogen-bond acceptors (Lipinski definition) is 3. The van der Waals surface area contributed by atoms with Crippen LogP contribution in [0.25, 0.3) is 0 Å². The molecule has 0 aliphatic rings. The van der Waals surface area contributed by atoms with Crippen molar-refractivity contribution in [2.24, 2.45) is 5.92 Å². The number of nitrogens with zero attached hydrogens (tertiary/aromatic N) is 1. The van der Waals surface area contributed by atoms with Gasteiger partial charge >= 0.3 is 0 Å². The van der Waals surface area contributed by atoms with Crippen molar-refractivity contribution in [3.8, 4) is 0 Å². The zero-order valence-corrected chi connectivity index (χ0v) is 18.1. The maximum Gasteiger partial charge on any atom is 0.240 e. The molecule has 0 saturated heterocycles. The van der Waals surface area contributed by atoms with Gasteiger partial charge in [-0.05, 0) is 48.6 Å². The third kappa shape index (κ3) is 6.53. The molecule has 28 heavy (non-hydrogen) atoms. The molecule has 1 unspecified atom stereocenters. The van der Waals surface area contributed by atoms with Crippen LogP contribution in [0.1, 0.15) is 24.5 Å². The molecular weight excluding hydrogens is 396 g/mol. The van der Waals surface area contributed by atoms with E-state index >= 15 is 0 Å². The second-order valence-corrected chi connectivity index (χ2v) is 9.31. The summed E-state index contributed by atoms with van der Waals surface area (Å²) in [6.07, 6.45) is 2.88. The van der Waals surface area contributed by atoms with Crippen molar-refractivity contribution in [3.05, 3.63) is 64.7 Å². The summed E-state index contributed by atoms with van der Waals surface area (Å²) >= 11 is 5.96. The van der Waals surface area contributed by atoms with Gasteiger partial charge in [0.15, 0.2) is 0 Å². The number of nitrogens with one attached hydrogen (secondary N) is 1. The Hall–Kier alpha value is -2.05. The zero-order chi connectivity index (χ0) is 20.7. The van der Waals surface area contributed by atoms with E-state index in [4.69, 9.17) is 11.6 Å². The van der Waals surface area contributed by atoms with Crippen LogP contribution in [-0.2, 0) is 21.2 Å². The average Bonchev–Trinajstić information content (AvgIpc) is 2.63. The molecule has 2 rings (SSSR count). The van der Waals surface area contributed by atoms with Crippen LogP contribution in [0.2, 0.25) is 5.02 Å². The molecule has 0 fully saturated rings. The quantitative estimate of drug-likeness (QED) is 0.668. The van der Waals surface area contributed by atoms with Gasteiger partial charge in [-0.3, -0.25) is 9.10 Å². The van der Waals surface area contributed by atoms with Gasteiger partial charge in [0, 0.05) is 11.6 Å². The second-order valence-electron chi connectivity index (χ2n) is 6.97. The lowest BCUT2D eigenvalue weighted by Gasteiger charge is -2.24. The van der Waals surface area contributed by atoms with Crippen molar-refractivity contribution in [2.75, 3.05) is 23.7 Å². The first-order chi connectivity index (χ1) is 13.2. The van der Waals surface area contributed by atoms with Gasteiger partial charge in [-0.2, -0.15) is 0 Å². The summed E-state index contributed by atoms with van der Waals surface area (Å²) in [7, 11) is -3.61. The third-order valence-electron chi connectivity index (χ3n) is 4.65. The first-order valence-electron chi connectivity index (χ1n) is 9.25. The molecule has 1 atom stereocenters. The normalized spacial score (nSPS) is 12.4. The van der Waals surface area contributed by atoms with E-state index in [2.05, 4.69) is 24.4 Å². The van der Waals surface area contributed by atoms with Gasteiger partial charge in [0.2, 0.25) is 15.9 Å². The van der Waals surface area contributed by atoms with Crippen molar-refractivity contribution in [1.29, 1.82) is 0 Å². The molecule has 0 heterocycles. The van der Waals surface area contributed by atoms with Crippen LogP contribution in [0.4, 0.5) is 5.69 Å². The molecule has 0 bridgehead atoms. The van der Waals surface area contributed by atoms with Crippen molar-refractivity contribution < 1.29 is 13.2 Å². The molecule has 2 aromatic carbocycles. The van der Waals surface area contributed by atoms with Crippen molar-refractivity contribution in [2.45, 2.75) is 26.7 Å². The number of aryl methyl sites for hydroxylation is 1. The Morgan fingerprint density at radius 2 is 1.86 bits per heavy atom. The first kappa shape index (κ1) is 22.2. The minimum absolute atomic E-state index is 0.261. The lowest BCUT2D eigenvalue weighted by Crippen LogP contribution is -2.42. The highest BCUT2D eigenvalue weighted by atomic mass is 35.5. The molecule has 152 valence electrons. The predicted octanol–water partition coefficient (Wildman–Crippen LogP) is 3.80. The number of benzene rings is 2. The smallest absolute Gasteiger partial charge is 0.240 e. The van der Waals surface area contributed by atoms with Gasteiger partial charge in [-0.15, -0.1) is 0 Å². The monoisotopic (exact) mass is 422 g/mol. The largest absolute Gasteiger partial charge is 0.354 e. The van der Waals surface area contributed by atoms with Crippen LogP contribution in [0, 0.1) is 12.8 Å². The van der Waals surface area contributed by atoms with E-state index in [0.717, 1.165) is 23.4 Å². The van der Waals surface area contributed by atoms with Gasteiger partial charge in [-0.1, -0.05) is 55.3 Å². The third-order valence-corrected chi connectivity index (χ3v) is 6.01. The number of anilines is 1. The molecule has 0 aliphatic carbocycles. The van der Waals surface area contributed by atoms with E-state index < -0.39 is 10.0 Å². The highest BCUT2D eigenvalue weighted by molar-refractivity contribution is 7.92. The molecule has 0 aromatic heterocycles. The van der Waals surface area contributed by atoms with E-state index in [1.165, 1.54) is 5.56 Å². The lowest BCUT2D eigenvalue weighted by atomic mass is 9.97. The Bertz CT molecular complexity index is 901. The lowest BCUT2D eigenvalue weighted by molar-refractivity contribution is -0.119. The maximum absolute atomic E-state index is 12.5. The molecule has 1 N–H and O–H groups in total. The minimum atomic E-state index is -3.61. The highest BCUT2D eigenvalue weighted by Crippen LogP contribution is 2.25. The van der Waals surface area contributed by atoms with E-state index in [1.54, 1.807) is 25.1 Å². The summed E-state index contributed by atoms with van der Waals surface area (Å²) in [4.78, 5) is 12.5. The number of carbonyl (C=O) groups is 1. The molecule has 0 saturated carbocycles. The Balaban J connectivity index is 2.03. The molecule has 7 heteroatoms. The van der Waals surface area contributed by atoms with Gasteiger partial charge < -0.3 is 5.32 Å². The molecule has 0 radical (unpaired) electrons. The van der Waals surface area contributed by atoms with Gasteiger partial charge in [-0.25, -0.2) is 8.42 Å². The fraction of sp³-hybridized carbons (Fsp3) is 0.381. The van der Waals surface area contributed by atoms with Crippen LogP contribution in [-0.4, -0.2) is 33.7 Å². The Kier molecular flexibility index (Phi) is 7.89. The van der Waals surface area contributed by atoms with Crippen molar-refractivity contribution in [1.82, 2.24) is 5.32 Å². The topological polar surface area (TPSA) is 66.5 Å². The van der Waals surface area contributed by atoms with Crippen LogP contribution in [0.5, 0.6) is 0 Å². The summed E-state index contributed by atoms with van der Waals surface area (Å²) < 4.78 is 25.6. The van der Waals surface area contributed by atoms with Gasteiger partial charge in [0.05, 0.1) is 11.9 Å². The van der Waals surface area contributed by atoms with Gasteiger partial charge in [0.1, 0.15) is 6.54 Å². The summed E-state index contributed by atoms with van der Waals surface area (Å²) in [6.45, 7) is 4.09. The number of amides is 1. The second kappa shape index (κ2) is 9.94. The summed E-state index contributed by atoms with van der Waals surface area (Å²) in [5.41, 5.74) is 2.37. The fourth-order valence-corrected chi connectivity index (χ4v) is 4.17. The van der Waals surface area contributed by atoms with Crippen LogP contribution in [0.15, 0.2) is 48.5 Å². The standard InChI is InChI=1S/C21H27ClN2O3S/c1-4-17(13-18-8-6-5-7-9-18)14-23-21(25)15-24(28(3,26)27)20-11-10-19(22)12-16(20)2/h5-12,17H,4,13-15H2,1-3H3,(H,23,25). The SMILES string of the molecule is CCC(CNC(=O)CN(c1ccc(Cl)cc1C)S(C)(=O)=O)Cc1ccccc1. The maximum atomic E-state index is 12.5. The molecule has 1 amide bonds. The molecule has 0 spiro atoms. The Morgan fingerprint density at radius 3 is 2.43 bits per heavy atom. The van der Waals surface area contributed by atoms with Crippen molar-refractivity contribution in [3.63, 3.8) is 0 Å². The zero-order valence-electron chi connectivity index (χ0n) is 16.5. The molecule has 5 nitrogen and oxygen atoms in total. The summed E-state index contributed by atoms with van der Waals surface area (Å²) in [5, 5.41) is 3.41. The molecule has 2 aromatic rings. The number of halogens is 1. The summed E-state index contributed by atoms with van der Waals surface area (Å²) in [6, 6.07) is 15.0. The highest BCUT2D eigenvalue weighted by Gasteiger charge is 2.22. The summed E-state index contributed by atoms with van der Waals surface area (Å²) in [5.74, 6) is -0.0402. The Morgan fingerprint density at radius 1 is 1.18 bits per heavy atom. The van der Waals surface area contributed by atoms with Gasteiger partial charge in [0.25, 0.3) is 0 Å². The van der Waals surface area contributed by atoms with Crippen LogP contribution >= 0.6 is 11.6 Å². The van der Waals surface area contributed by atoms with E-state index in [0.29, 0.717) is 22.8 Å². The van der Waals surface area contributed by atoms with E-state index in [1.807, 2.05) is 18.2 Å². The first-order valence-corrected chi connectivity index (χ1v) is 11.5. The van der Waals surface area contributed by atoms with Crippen molar-refractivity contribution >= 4 is 33.2 Å². The minimum Gasteiger partial charge on any atom is -0.354 e. The van der Waals surface area contributed by atoms with Crippen LogP contribution < -0.4 is 9.62 Å². The van der Waals surface area contributed by atoms with E-state index in [9.17, 15) is 13.2 Å². The Labute approximate surface area is 172 Å². The van der Waals surface area contributed by atoms with Crippen LogP contribution in [0.3, 0.4) is 0 Å². The van der Waals surface area contributed by atoms with E-state index in [-0.39, 0.29) is 18.4 Å². The average molecular weight is 423 g/mol. The number of carbonyl (C=O) groups excluding carboxylic acids is 1. The number of sulfonamides is 1. The predicted molar refractivity (Wildman–Crippen MR) is 115 cm³/mol. The number of hydrogen-bond donors (Lipinski definition) is 1. The molecule has 0 aliphatic heterocycles. The molecular formula is C21H27ClN2O3S. The number of rotatable bonds is 9.